The van der Waals surface area contributed by atoms with E-state index in [9.17, 15) is 9.59 Å². The van der Waals surface area contributed by atoms with E-state index in [1.807, 2.05) is 31.2 Å². The molecule has 2 heterocycles. The Morgan fingerprint density at radius 1 is 1.20 bits per heavy atom. The zero-order valence-corrected chi connectivity index (χ0v) is 17.1. The summed E-state index contributed by atoms with van der Waals surface area (Å²) in [5.74, 6) is 0.824. The number of hydrogen-bond acceptors (Lipinski definition) is 7. The topological polar surface area (TPSA) is 114 Å². The SMILES string of the molecule is COc1ccc(-c2nn3c(SCC(=O)Nc4cccc(C)c4)nnc3[nH]c2=O)cc1. The number of carbonyl (C=O) groups is 1. The molecular weight excluding hydrogens is 404 g/mol. The lowest BCUT2D eigenvalue weighted by Gasteiger charge is -2.06. The molecule has 0 radical (unpaired) electrons. The van der Waals surface area contributed by atoms with Crippen molar-refractivity contribution in [2.45, 2.75) is 12.1 Å². The molecule has 0 fully saturated rings. The monoisotopic (exact) mass is 422 g/mol. The number of H-pyrrole nitrogens is 1. The molecule has 2 aromatic heterocycles. The molecule has 0 aliphatic heterocycles. The van der Waals surface area contributed by atoms with Gasteiger partial charge in [0.05, 0.1) is 12.9 Å². The average Bonchev–Trinajstić information content (AvgIpc) is 3.13. The van der Waals surface area contributed by atoms with Crippen LogP contribution in [0, 0.1) is 6.92 Å². The first-order valence-electron chi connectivity index (χ1n) is 9.03. The van der Waals surface area contributed by atoms with Crippen molar-refractivity contribution in [2.75, 3.05) is 18.2 Å². The van der Waals surface area contributed by atoms with E-state index in [4.69, 9.17) is 4.74 Å². The van der Waals surface area contributed by atoms with Crippen molar-refractivity contribution in [3.05, 3.63) is 64.4 Å². The number of carbonyl (C=O) groups excluding carboxylic acids is 1. The van der Waals surface area contributed by atoms with Gasteiger partial charge in [-0.05, 0) is 48.9 Å². The van der Waals surface area contributed by atoms with E-state index >= 15 is 0 Å². The van der Waals surface area contributed by atoms with Crippen LogP contribution in [0.15, 0.2) is 58.5 Å². The fourth-order valence-electron chi connectivity index (χ4n) is 2.82. The highest BCUT2D eigenvalue weighted by molar-refractivity contribution is 7.99. The van der Waals surface area contributed by atoms with E-state index < -0.39 is 0 Å². The second-order valence-corrected chi connectivity index (χ2v) is 7.40. The number of nitrogens with zero attached hydrogens (tertiary/aromatic N) is 4. The van der Waals surface area contributed by atoms with Gasteiger partial charge in [0.25, 0.3) is 11.3 Å². The molecule has 0 saturated heterocycles. The smallest absolute Gasteiger partial charge is 0.279 e. The fourth-order valence-corrected chi connectivity index (χ4v) is 3.50. The van der Waals surface area contributed by atoms with Crippen LogP contribution >= 0.6 is 11.8 Å². The highest BCUT2D eigenvalue weighted by Gasteiger charge is 2.15. The van der Waals surface area contributed by atoms with Gasteiger partial charge >= 0.3 is 0 Å². The summed E-state index contributed by atoms with van der Waals surface area (Å²) in [7, 11) is 1.57. The van der Waals surface area contributed by atoms with Crippen molar-refractivity contribution in [1.29, 1.82) is 0 Å². The van der Waals surface area contributed by atoms with Crippen molar-refractivity contribution in [1.82, 2.24) is 24.8 Å². The molecule has 152 valence electrons. The van der Waals surface area contributed by atoms with Crippen molar-refractivity contribution in [3.8, 4) is 17.0 Å². The van der Waals surface area contributed by atoms with Crippen LogP contribution in [0.25, 0.3) is 17.0 Å². The minimum atomic E-state index is -0.381. The molecule has 9 nitrogen and oxygen atoms in total. The third-order valence-electron chi connectivity index (χ3n) is 4.25. The molecule has 4 rings (SSSR count). The average molecular weight is 422 g/mol. The van der Waals surface area contributed by atoms with Crippen LogP contribution in [0.2, 0.25) is 0 Å². The van der Waals surface area contributed by atoms with Crippen LogP contribution in [0.4, 0.5) is 5.69 Å². The number of ether oxygens (including phenoxy) is 1. The summed E-state index contributed by atoms with van der Waals surface area (Å²) in [5, 5.41) is 15.6. The van der Waals surface area contributed by atoms with Gasteiger partial charge in [-0.1, -0.05) is 23.9 Å². The van der Waals surface area contributed by atoms with Gasteiger partial charge in [0.2, 0.25) is 11.1 Å². The summed E-state index contributed by atoms with van der Waals surface area (Å²) in [5.41, 5.74) is 2.25. The van der Waals surface area contributed by atoms with Crippen LogP contribution in [0.3, 0.4) is 0 Å². The van der Waals surface area contributed by atoms with Gasteiger partial charge in [0.15, 0.2) is 5.69 Å². The molecular formula is C20H18N6O3S. The van der Waals surface area contributed by atoms with Gasteiger partial charge in [0, 0.05) is 11.3 Å². The van der Waals surface area contributed by atoms with Crippen molar-refractivity contribution in [3.63, 3.8) is 0 Å². The number of aryl methyl sites for hydroxylation is 1. The number of aromatic amines is 1. The summed E-state index contributed by atoms with van der Waals surface area (Å²) in [6.07, 6.45) is 0. The molecule has 30 heavy (non-hydrogen) atoms. The number of thioether (sulfide) groups is 1. The normalized spacial score (nSPS) is 10.9. The Morgan fingerprint density at radius 2 is 2.00 bits per heavy atom. The first-order chi connectivity index (χ1) is 14.5. The molecule has 0 spiro atoms. The van der Waals surface area contributed by atoms with E-state index in [1.54, 1.807) is 31.4 Å². The van der Waals surface area contributed by atoms with Crippen molar-refractivity contribution < 1.29 is 9.53 Å². The molecule has 1 amide bonds. The largest absolute Gasteiger partial charge is 0.497 e. The van der Waals surface area contributed by atoms with E-state index in [-0.39, 0.29) is 28.7 Å². The molecule has 4 aromatic rings. The quantitative estimate of drug-likeness (QED) is 0.459. The number of fused-ring (bicyclic) bond motifs is 1. The fraction of sp³-hybridized carbons (Fsp3) is 0.150. The Bertz CT molecular complexity index is 1270. The van der Waals surface area contributed by atoms with Crippen LogP contribution in [0.1, 0.15) is 5.56 Å². The summed E-state index contributed by atoms with van der Waals surface area (Å²) < 4.78 is 6.57. The van der Waals surface area contributed by atoms with E-state index in [1.165, 1.54) is 16.3 Å². The Labute approximate surface area is 175 Å². The Kier molecular flexibility index (Phi) is 5.48. The zero-order chi connectivity index (χ0) is 21.1. The number of amides is 1. The molecule has 2 N–H and O–H groups in total. The summed E-state index contributed by atoms with van der Waals surface area (Å²) in [6, 6.07) is 14.5. The standard InChI is InChI=1S/C20H18N6O3S/c1-12-4-3-5-14(10-12)21-16(27)11-30-20-24-23-19-22-18(28)17(25-26(19)20)13-6-8-15(29-2)9-7-13/h3-10H,11H2,1-2H3,(H,21,27)(H,22,23,28). The minimum absolute atomic E-state index is 0.118. The first kappa shape index (κ1) is 19.6. The maximum absolute atomic E-state index is 12.4. The lowest BCUT2D eigenvalue weighted by molar-refractivity contribution is -0.113. The first-order valence-corrected chi connectivity index (χ1v) is 10.0. The Balaban J connectivity index is 1.54. The number of hydrogen-bond donors (Lipinski definition) is 2. The summed E-state index contributed by atoms with van der Waals surface area (Å²) >= 11 is 1.18. The predicted molar refractivity (Wildman–Crippen MR) is 114 cm³/mol. The van der Waals surface area contributed by atoms with Gasteiger partial charge in [-0.2, -0.15) is 9.61 Å². The van der Waals surface area contributed by atoms with Gasteiger partial charge < -0.3 is 10.1 Å². The molecule has 0 aliphatic carbocycles. The number of methoxy groups -OCH3 is 1. The summed E-state index contributed by atoms with van der Waals surface area (Å²) in [6.45, 7) is 1.96. The van der Waals surface area contributed by atoms with Crippen molar-refractivity contribution in [2.24, 2.45) is 0 Å². The second-order valence-electron chi connectivity index (χ2n) is 6.46. The predicted octanol–water partition coefficient (Wildman–Crippen LogP) is 2.53. The van der Waals surface area contributed by atoms with E-state index in [0.29, 0.717) is 16.5 Å². The molecule has 0 bridgehead atoms. The maximum atomic E-state index is 12.4. The number of rotatable bonds is 6. The molecule has 0 saturated carbocycles. The van der Waals surface area contributed by atoms with Gasteiger partial charge in [-0.25, -0.2) is 0 Å². The van der Waals surface area contributed by atoms with Gasteiger partial charge in [-0.3, -0.25) is 14.6 Å². The molecule has 0 unspecified atom stereocenters. The third-order valence-corrected chi connectivity index (χ3v) is 5.17. The minimum Gasteiger partial charge on any atom is -0.497 e. The summed E-state index contributed by atoms with van der Waals surface area (Å²) in [4.78, 5) is 27.3. The third kappa shape index (κ3) is 4.18. The zero-order valence-electron chi connectivity index (χ0n) is 16.2. The maximum Gasteiger partial charge on any atom is 0.279 e. The highest BCUT2D eigenvalue weighted by atomic mass is 32.2. The second kappa shape index (κ2) is 8.37. The van der Waals surface area contributed by atoms with Crippen molar-refractivity contribution >= 4 is 29.1 Å². The molecule has 2 aromatic carbocycles. The van der Waals surface area contributed by atoms with Crippen LogP contribution in [0.5, 0.6) is 5.75 Å². The van der Waals surface area contributed by atoms with E-state index in [2.05, 4.69) is 25.6 Å². The number of anilines is 1. The number of benzene rings is 2. The van der Waals surface area contributed by atoms with E-state index in [0.717, 1.165) is 11.3 Å². The number of aromatic nitrogens is 5. The molecule has 0 aliphatic rings. The van der Waals surface area contributed by atoms with Gasteiger partial charge in [-0.15, -0.1) is 10.2 Å². The van der Waals surface area contributed by atoms with Crippen LogP contribution in [-0.2, 0) is 4.79 Å². The Morgan fingerprint density at radius 3 is 2.73 bits per heavy atom. The van der Waals surface area contributed by atoms with Gasteiger partial charge in [0.1, 0.15) is 5.75 Å². The lowest BCUT2D eigenvalue weighted by Crippen LogP contribution is -2.16. The molecule has 0 atom stereocenters. The Hall–Kier alpha value is -3.66. The highest BCUT2D eigenvalue weighted by Crippen LogP contribution is 2.20. The lowest BCUT2D eigenvalue weighted by atomic mass is 10.1. The van der Waals surface area contributed by atoms with Crippen LogP contribution in [-0.4, -0.2) is 43.6 Å². The molecule has 10 heteroatoms. The number of nitrogens with one attached hydrogen (secondary N) is 2. The van der Waals surface area contributed by atoms with Crippen LogP contribution < -0.4 is 15.6 Å².